The molecule has 1 unspecified atom stereocenters. The molecular weight excluding hydrogens is 378 g/mol. The van der Waals surface area contributed by atoms with Crippen LogP contribution in [-0.2, 0) is 21.4 Å². The zero-order valence-electron chi connectivity index (χ0n) is 16.5. The van der Waals surface area contributed by atoms with E-state index in [4.69, 9.17) is 4.74 Å². The standard InChI is InChI=1S/C20H27N3O4S/c1-16-7-9-19(10-8-16)27-17(2)20(24)22-12-5-13-23(28(3,25)26)15-18-6-4-11-21-14-18/h4,6-11,14,17H,5,12-13,15H2,1-3H3,(H,22,24). The maximum atomic E-state index is 12.2. The van der Waals surface area contributed by atoms with Crippen molar-refractivity contribution in [2.75, 3.05) is 19.3 Å². The van der Waals surface area contributed by atoms with E-state index in [9.17, 15) is 13.2 Å². The zero-order valence-corrected chi connectivity index (χ0v) is 17.3. The van der Waals surface area contributed by atoms with Crippen LogP contribution in [-0.4, -0.2) is 49.1 Å². The predicted octanol–water partition coefficient (Wildman–Crippen LogP) is 2.13. The zero-order chi connectivity index (χ0) is 20.6. The maximum Gasteiger partial charge on any atom is 0.260 e. The number of amides is 1. The number of nitrogens with zero attached hydrogens (tertiary/aromatic N) is 2. The predicted molar refractivity (Wildman–Crippen MR) is 108 cm³/mol. The topological polar surface area (TPSA) is 88.6 Å². The van der Waals surface area contributed by atoms with Crippen molar-refractivity contribution < 1.29 is 17.9 Å². The van der Waals surface area contributed by atoms with E-state index in [1.165, 1.54) is 10.6 Å². The van der Waals surface area contributed by atoms with Crippen molar-refractivity contribution in [2.45, 2.75) is 32.9 Å². The number of sulfonamides is 1. The third kappa shape index (κ3) is 7.28. The van der Waals surface area contributed by atoms with Gasteiger partial charge in [0.1, 0.15) is 5.75 Å². The Morgan fingerprint density at radius 3 is 2.57 bits per heavy atom. The minimum atomic E-state index is -3.36. The lowest BCUT2D eigenvalue weighted by atomic mass is 10.2. The SMILES string of the molecule is Cc1ccc(OC(C)C(=O)NCCCN(Cc2cccnc2)S(C)(=O)=O)cc1. The molecule has 2 aromatic rings. The van der Waals surface area contributed by atoms with Gasteiger partial charge in [-0.3, -0.25) is 9.78 Å². The molecule has 0 fully saturated rings. The molecule has 1 atom stereocenters. The van der Waals surface area contributed by atoms with Crippen LogP contribution in [0.1, 0.15) is 24.5 Å². The lowest BCUT2D eigenvalue weighted by Crippen LogP contribution is -2.38. The molecular formula is C20H27N3O4S. The highest BCUT2D eigenvalue weighted by molar-refractivity contribution is 7.88. The number of rotatable bonds is 10. The Labute approximate surface area is 166 Å². The molecule has 7 nitrogen and oxygen atoms in total. The second kappa shape index (κ2) is 10.2. The summed E-state index contributed by atoms with van der Waals surface area (Å²) in [4.78, 5) is 16.2. The van der Waals surface area contributed by atoms with Crippen LogP contribution >= 0.6 is 0 Å². The fourth-order valence-electron chi connectivity index (χ4n) is 2.54. The summed E-state index contributed by atoms with van der Waals surface area (Å²) in [5.41, 5.74) is 1.93. The van der Waals surface area contributed by atoms with Crippen molar-refractivity contribution in [1.82, 2.24) is 14.6 Å². The molecule has 152 valence electrons. The number of benzene rings is 1. The fraction of sp³-hybridized carbons (Fsp3) is 0.400. The van der Waals surface area contributed by atoms with Crippen LogP contribution < -0.4 is 10.1 Å². The molecule has 0 saturated heterocycles. The number of carbonyl (C=O) groups excluding carboxylic acids is 1. The van der Waals surface area contributed by atoms with Gasteiger partial charge in [0.25, 0.3) is 5.91 Å². The number of hydrogen-bond acceptors (Lipinski definition) is 5. The molecule has 1 aromatic heterocycles. The number of aryl methyl sites for hydroxylation is 1. The van der Waals surface area contributed by atoms with Crippen LogP contribution in [0.25, 0.3) is 0 Å². The minimum absolute atomic E-state index is 0.237. The number of ether oxygens (including phenoxy) is 1. The van der Waals surface area contributed by atoms with E-state index in [0.717, 1.165) is 11.1 Å². The average molecular weight is 406 g/mol. The molecule has 0 bridgehead atoms. The van der Waals surface area contributed by atoms with Crippen molar-refractivity contribution in [3.8, 4) is 5.75 Å². The van der Waals surface area contributed by atoms with E-state index in [2.05, 4.69) is 10.3 Å². The Balaban J connectivity index is 1.78. The van der Waals surface area contributed by atoms with E-state index in [1.807, 2.05) is 37.3 Å². The van der Waals surface area contributed by atoms with Gasteiger partial charge < -0.3 is 10.1 Å². The van der Waals surface area contributed by atoms with E-state index >= 15 is 0 Å². The van der Waals surface area contributed by atoms with Gasteiger partial charge in [0.05, 0.1) is 6.26 Å². The van der Waals surface area contributed by atoms with E-state index in [1.54, 1.807) is 25.4 Å². The summed E-state index contributed by atoms with van der Waals surface area (Å²) in [5, 5.41) is 2.79. The highest BCUT2D eigenvalue weighted by Gasteiger charge is 2.18. The van der Waals surface area contributed by atoms with Crippen LogP contribution in [0.4, 0.5) is 0 Å². The smallest absolute Gasteiger partial charge is 0.260 e. The molecule has 28 heavy (non-hydrogen) atoms. The first-order chi connectivity index (χ1) is 13.3. The molecule has 0 saturated carbocycles. The van der Waals surface area contributed by atoms with E-state index in [-0.39, 0.29) is 12.5 Å². The van der Waals surface area contributed by atoms with Crippen molar-refractivity contribution in [3.05, 3.63) is 59.9 Å². The number of carbonyl (C=O) groups is 1. The number of nitrogens with one attached hydrogen (secondary N) is 1. The molecule has 0 spiro atoms. The molecule has 1 N–H and O–H groups in total. The largest absolute Gasteiger partial charge is 0.481 e. The summed E-state index contributed by atoms with van der Waals surface area (Å²) in [5.74, 6) is 0.395. The number of pyridine rings is 1. The van der Waals surface area contributed by atoms with Crippen molar-refractivity contribution in [3.63, 3.8) is 0 Å². The highest BCUT2D eigenvalue weighted by atomic mass is 32.2. The van der Waals surface area contributed by atoms with Gasteiger partial charge in [-0.15, -0.1) is 0 Å². The molecule has 0 aliphatic heterocycles. The second-order valence-corrected chi connectivity index (χ2v) is 8.66. The summed E-state index contributed by atoms with van der Waals surface area (Å²) in [6.07, 6.45) is 4.33. The quantitative estimate of drug-likeness (QED) is 0.612. The van der Waals surface area contributed by atoms with Gasteiger partial charge in [-0.25, -0.2) is 8.42 Å². The molecule has 1 heterocycles. The fourth-order valence-corrected chi connectivity index (χ4v) is 3.39. The average Bonchev–Trinajstić information content (AvgIpc) is 2.65. The molecule has 2 rings (SSSR count). The third-order valence-corrected chi connectivity index (χ3v) is 5.39. The molecule has 1 aromatic carbocycles. The Morgan fingerprint density at radius 1 is 1.25 bits per heavy atom. The Morgan fingerprint density at radius 2 is 1.96 bits per heavy atom. The van der Waals surface area contributed by atoms with Crippen LogP contribution in [0.15, 0.2) is 48.8 Å². The summed E-state index contributed by atoms with van der Waals surface area (Å²) in [6, 6.07) is 11.1. The lowest BCUT2D eigenvalue weighted by molar-refractivity contribution is -0.127. The first-order valence-corrected chi connectivity index (χ1v) is 11.0. The van der Waals surface area contributed by atoms with Crippen LogP contribution in [0.3, 0.4) is 0 Å². The normalized spacial score (nSPS) is 12.6. The first-order valence-electron chi connectivity index (χ1n) is 9.11. The Bertz CT molecular complexity index is 855. The third-order valence-electron chi connectivity index (χ3n) is 4.14. The summed E-state index contributed by atoms with van der Waals surface area (Å²) in [7, 11) is -3.36. The minimum Gasteiger partial charge on any atom is -0.481 e. The monoisotopic (exact) mass is 405 g/mol. The molecule has 0 aliphatic carbocycles. The van der Waals surface area contributed by atoms with E-state index in [0.29, 0.717) is 25.3 Å². The summed E-state index contributed by atoms with van der Waals surface area (Å²) >= 11 is 0. The van der Waals surface area contributed by atoms with Crippen molar-refractivity contribution in [1.29, 1.82) is 0 Å². The van der Waals surface area contributed by atoms with Gasteiger partial charge in [0.15, 0.2) is 6.10 Å². The highest BCUT2D eigenvalue weighted by Crippen LogP contribution is 2.13. The second-order valence-electron chi connectivity index (χ2n) is 6.68. The molecule has 1 amide bonds. The summed E-state index contributed by atoms with van der Waals surface area (Å²) in [6.45, 7) is 4.59. The van der Waals surface area contributed by atoms with Crippen LogP contribution in [0, 0.1) is 6.92 Å². The van der Waals surface area contributed by atoms with E-state index < -0.39 is 16.1 Å². The Hall–Kier alpha value is -2.45. The van der Waals surface area contributed by atoms with Crippen LogP contribution in [0.5, 0.6) is 5.75 Å². The van der Waals surface area contributed by atoms with Gasteiger partial charge in [0, 0.05) is 32.0 Å². The summed E-state index contributed by atoms with van der Waals surface area (Å²) < 4.78 is 31.0. The molecule has 0 aliphatic rings. The van der Waals surface area contributed by atoms with Crippen molar-refractivity contribution >= 4 is 15.9 Å². The van der Waals surface area contributed by atoms with Gasteiger partial charge in [-0.1, -0.05) is 23.8 Å². The maximum absolute atomic E-state index is 12.2. The van der Waals surface area contributed by atoms with Gasteiger partial charge in [0.2, 0.25) is 10.0 Å². The van der Waals surface area contributed by atoms with Crippen LogP contribution in [0.2, 0.25) is 0 Å². The van der Waals surface area contributed by atoms with Gasteiger partial charge in [-0.2, -0.15) is 4.31 Å². The molecule has 8 heteroatoms. The first kappa shape index (κ1) is 21.8. The number of hydrogen-bond donors (Lipinski definition) is 1. The Kier molecular flexibility index (Phi) is 7.95. The number of aromatic nitrogens is 1. The van der Waals surface area contributed by atoms with Crippen molar-refractivity contribution in [2.24, 2.45) is 0 Å². The van der Waals surface area contributed by atoms with Gasteiger partial charge in [-0.05, 0) is 44.0 Å². The van der Waals surface area contributed by atoms with Gasteiger partial charge >= 0.3 is 0 Å². The molecule has 0 radical (unpaired) electrons. The lowest BCUT2D eigenvalue weighted by Gasteiger charge is -2.20.